The number of hydrogen-bond donors (Lipinski definition) is 2. The van der Waals surface area contributed by atoms with Crippen LogP contribution >= 0.6 is 0 Å². The van der Waals surface area contributed by atoms with Crippen molar-refractivity contribution in [3.05, 3.63) is 35.9 Å². The molecule has 1 saturated heterocycles. The Balaban J connectivity index is 2.10. The van der Waals surface area contributed by atoms with E-state index >= 15 is 0 Å². The highest BCUT2D eigenvalue weighted by Gasteiger charge is 2.36. The summed E-state index contributed by atoms with van der Waals surface area (Å²) in [5, 5.41) is 9.83. The van der Waals surface area contributed by atoms with Crippen molar-refractivity contribution in [3.8, 4) is 0 Å². The normalized spacial score (nSPS) is 24.1. The topological polar surface area (TPSA) is 69.8 Å². The summed E-state index contributed by atoms with van der Waals surface area (Å²) in [7, 11) is 3.93. The molecule has 0 aliphatic carbocycles. The number of nitrogens with two attached hydrogens (primary N) is 1. The summed E-state index contributed by atoms with van der Waals surface area (Å²) in [4.78, 5) is 16.3. The van der Waals surface area contributed by atoms with Crippen molar-refractivity contribution in [1.82, 2.24) is 9.80 Å². The first kappa shape index (κ1) is 15.0. The van der Waals surface area contributed by atoms with Crippen LogP contribution in [-0.4, -0.2) is 60.1 Å². The number of benzene rings is 1. The first-order valence-corrected chi connectivity index (χ1v) is 6.93. The molecule has 2 rings (SSSR count). The van der Waals surface area contributed by atoms with Crippen LogP contribution in [0.3, 0.4) is 0 Å². The van der Waals surface area contributed by atoms with Crippen molar-refractivity contribution in [3.63, 3.8) is 0 Å². The number of carbonyl (C=O) groups excluding carboxylic acids is 1. The summed E-state index contributed by atoms with van der Waals surface area (Å²) in [6, 6.07) is 8.73. The van der Waals surface area contributed by atoms with Gasteiger partial charge in [0.25, 0.3) is 0 Å². The van der Waals surface area contributed by atoms with E-state index in [1.54, 1.807) is 4.90 Å². The third kappa shape index (κ3) is 3.36. The van der Waals surface area contributed by atoms with E-state index in [4.69, 9.17) is 5.73 Å². The molecule has 5 nitrogen and oxygen atoms in total. The second-order valence-corrected chi connectivity index (χ2v) is 5.68. The molecule has 3 N–H and O–H groups in total. The van der Waals surface area contributed by atoms with Gasteiger partial charge in [0, 0.05) is 19.1 Å². The summed E-state index contributed by atoms with van der Waals surface area (Å²) in [6.07, 6.45) is 0.165. The van der Waals surface area contributed by atoms with Crippen molar-refractivity contribution in [2.45, 2.75) is 24.6 Å². The molecule has 0 bridgehead atoms. The average Bonchev–Trinajstić information content (AvgIpc) is 2.78. The molecule has 0 radical (unpaired) electrons. The molecule has 20 heavy (non-hydrogen) atoms. The van der Waals surface area contributed by atoms with Crippen molar-refractivity contribution >= 4 is 5.91 Å². The second-order valence-electron chi connectivity index (χ2n) is 5.68. The third-order valence-electron chi connectivity index (χ3n) is 3.68. The molecule has 1 fully saturated rings. The molecule has 1 aliphatic heterocycles. The highest BCUT2D eigenvalue weighted by molar-refractivity contribution is 5.83. The summed E-state index contributed by atoms with van der Waals surface area (Å²) in [5.41, 5.74) is 6.88. The zero-order valence-electron chi connectivity index (χ0n) is 12.1. The smallest absolute Gasteiger partial charge is 0.244 e. The lowest BCUT2D eigenvalue weighted by Gasteiger charge is -2.29. The van der Waals surface area contributed by atoms with Crippen molar-refractivity contribution in [2.24, 2.45) is 5.73 Å². The summed E-state index contributed by atoms with van der Waals surface area (Å²) in [6.45, 7) is 1.11. The number of β-amino-alcohol motifs (C(OH)–C–C–N with tert-alkyl or cyclic N) is 1. The zero-order chi connectivity index (χ0) is 14.7. The molecular weight excluding hydrogens is 254 g/mol. The maximum Gasteiger partial charge on any atom is 0.244 e. The Kier molecular flexibility index (Phi) is 4.75. The second kappa shape index (κ2) is 6.35. The zero-order valence-corrected chi connectivity index (χ0v) is 12.1. The number of likely N-dealkylation sites (tertiary alicyclic amines) is 1. The Bertz CT molecular complexity index is 450. The molecule has 2 unspecified atom stereocenters. The molecule has 1 amide bonds. The Hall–Kier alpha value is -1.43. The lowest BCUT2D eigenvalue weighted by molar-refractivity contribution is -0.134. The first-order chi connectivity index (χ1) is 9.49. The van der Waals surface area contributed by atoms with E-state index in [0.717, 1.165) is 12.1 Å². The molecule has 1 heterocycles. The molecular formula is C15H23N3O2. The number of hydrogen-bond acceptors (Lipinski definition) is 4. The Morgan fingerprint density at radius 2 is 2.10 bits per heavy atom. The van der Waals surface area contributed by atoms with Crippen LogP contribution in [0, 0.1) is 0 Å². The van der Waals surface area contributed by atoms with E-state index in [9.17, 15) is 9.90 Å². The van der Waals surface area contributed by atoms with Crippen LogP contribution in [0.25, 0.3) is 0 Å². The molecule has 1 aromatic carbocycles. The number of aliphatic hydroxyl groups excluding tert-OH is 1. The van der Waals surface area contributed by atoms with Gasteiger partial charge < -0.3 is 20.6 Å². The van der Waals surface area contributed by atoms with E-state index in [1.165, 1.54) is 0 Å². The van der Waals surface area contributed by atoms with E-state index in [0.29, 0.717) is 13.0 Å². The maximum atomic E-state index is 12.6. The van der Waals surface area contributed by atoms with Gasteiger partial charge in [-0.05, 0) is 26.1 Å². The Labute approximate surface area is 120 Å². The number of rotatable bonds is 4. The van der Waals surface area contributed by atoms with Crippen molar-refractivity contribution in [1.29, 1.82) is 0 Å². The molecule has 1 aromatic rings. The molecule has 5 heteroatoms. The van der Waals surface area contributed by atoms with Crippen LogP contribution in [0.5, 0.6) is 0 Å². The van der Waals surface area contributed by atoms with Gasteiger partial charge in [-0.2, -0.15) is 0 Å². The van der Waals surface area contributed by atoms with Gasteiger partial charge in [-0.1, -0.05) is 30.3 Å². The van der Waals surface area contributed by atoms with E-state index in [1.807, 2.05) is 49.3 Å². The summed E-state index contributed by atoms with van der Waals surface area (Å²) in [5.74, 6) is -0.111. The van der Waals surface area contributed by atoms with Crippen LogP contribution in [-0.2, 0) is 4.79 Å². The molecule has 0 spiro atoms. The van der Waals surface area contributed by atoms with E-state index in [2.05, 4.69) is 0 Å². The average molecular weight is 277 g/mol. The summed E-state index contributed by atoms with van der Waals surface area (Å²) < 4.78 is 0. The molecule has 0 saturated carbocycles. The number of carbonyl (C=O) groups is 1. The van der Waals surface area contributed by atoms with Gasteiger partial charge in [-0.3, -0.25) is 4.79 Å². The van der Waals surface area contributed by atoms with Crippen LogP contribution < -0.4 is 5.73 Å². The van der Waals surface area contributed by atoms with Gasteiger partial charge in [0.1, 0.15) is 6.04 Å². The lowest BCUT2D eigenvalue weighted by Crippen LogP contribution is -2.45. The highest BCUT2D eigenvalue weighted by atomic mass is 16.3. The fraction of sp³-hybridized carbons (Fsp3) is 0.533. The molecule has 3 atom stereocenters. The van der Waals surface area contributed by atoms with E-state index in [-0.39, 0.29) is 11.9 Å². The third-order valence-corrected chi connectivity index (χ3v) is 3.68. The largest absolute Gasteiger partial charge is 0.391 e. The molecule has 0 aromatic heterocycles. The minimum absolute atomic E-state index is 0.0299. The fourth-order valence-electron chi connectivity index (χ4n) is 2.74. The minimum atomic E-state index is -0.661. The van der Waals surface area contributed by atoms with E-state index < -0.39 is 12.1 Å². The number of amides is 1. The Morgan fingerprint density at radius 1 is 1.45 bits per heavy atom. The predicted molar refractivity (Wildman–Crippen MR) is 78.0 cm³/mol. The standard InChI is InChI=1S/C15H23N3O2/c1-17(2)9-12-8-13(19)10-18(12)15(20)14(16)11-6-4-3-5-7-11/h3-7,12-14,19H,8-10,16H2,1-2H3/t12?,13?,14-/m1/s1. The van der Waals surface area contributed by atoms with Crippen LogP contribution in [0.15, 0.2) is 30.3 Å². The quantitative estimate of drug-likeness (QED) is 0.825. The van der Waals surface area contributed by atoms with Crippen LogP contribution in [0.2, 0.25) is 0 Å². The highest BCUT2D eigenvalue weighted by Crippen LogP contribution is 2.23. The minimum Gasteiger partial charge on any atom is -0.391 e. The van der Waals surface area contributed by atoms with Gasteiger partial charge in [0.15, 0.2) is 0 Å². The number of likely N-dealkylation sites (N-methyl/N-ethyl adjacent to an activating group) is 1. The SMILES string of the molecule is CN(C)CC1CC(O)CN1C(=O)[C@H](N)c1ccccc1. The Morgan fingerprint density at radius 3 is 2.70 bits per heavy atom. The summed E-state index contributed by atoms with van der Waals surface area (Å²) >= 11 is 0. The molecule has 1 aliphatic rings. The van der Waals surface area contributed by atoms with Gasteiger partial charge in [0.2, 0.25) is 5.91 Å². The van der Waals surface area contributed by atoms with Gasteiger partial charge >= 0.3 is 0 Å². The first-order valence-electron chi connectivity index (χ1n) is 6.93. The van der Waals surface area contributed by atoms with Gasteiger partial charge in [-0.15, -0.1) is 0 Å². The monoisotopic (exact) mass is 277 g/mol. The van der Waals surface area contributed by atoms with Crippen molar-refractivity contribution in [2.75, 3.05) is 27.2 Å². The number of nitrogens with zero attached hydrogens (tertiary/aromatic N) is 2. The predicted octanol–water partition coefficient (Wildman–Crippen LogP) is 0.210. The lowest BCUT2D eigenvalue weighted by atomic mass is 10.1. The molecule has 110 valence electrons. The van der Waals surface area contributed by atoms with Crippen molar-refractivity contribution < 1.29 is 9.90 Å². The van der Waals surface area contributed by atoms with Gasteiger partial charge in [0.05, 0.1) is 6.10 Å². The number of aliphatic hydroxyl groups is 1. The van der Waals surface area contributed by atoms with Crippen LogP contribution in [0.1, 0.15) is 18.0 Å². The van der Waals surface area contributed by atoms with Crippen LogP contribution in [0.4, 0.5) is 0 Å². The van der Waals surface area contributed by atoms with Gasteiger partial charge in [-0.25, -0.2) is 0 Å². The fourth-order valence-corrected chi connectivity index (χ4v) is 2.74. The maximum absolute atomic E-state index is 12.6.